The molecule has 0 bridgehead atoms. The summed E-state index contributed by atoms with van der Waals surface area (Å²) in [5, 5.41) is 6.61. The zero-order valence-electron chi connectivity index (χ0n) is 9.08. The molecule has 0 N–H and O–H groups in total. The average Bonchev–Trinajstić information content (AvgIpc) is 2.95. The second-order valence-electron chi connectivity index (χ2n) is 3.67. The summed E-state index contributed by atoms with van der Waals surface area (Å²) in [5.74, 6) is 0. The highest BCUT2D eigenvalue weighted by Gasteiger charge is 2.19. The molecule has 0 unspecified atom stereocenters. The molecular weight excluding hydrogens is 212 g/mol. The summed E-state index contributed by atoms with van der Waals surface area (Å²) in [6.07, 6.45) is 2.53. The van der Waals surface area contributed by atoms with E-state index in [9.17, 15) is 0 Å². The van der Waals surface area contributed by atoms with Crippen molar-refractivity contribution < 1.29 is 4.42 Å². The van der Waals surface area contributed by atoms with Gasteiger partial charge in [-0.05, 0) is 22.3 Å². The van der Waals surface area contributed by atoms with Crippen LogP contribution < -0.4 is 0 Å². The normalized spacial score (nSPS) is 10.4. The van der Waals surface area contributed by atoms with Gasteiger partial charge >= 0.3 is 0 Å². The molecule has 0 amide bonds. The molecule has 0 fully saturated rings. The van der Waals surface area contributed by atoms with Gasteiger partial charge in [-0.3, -0.25) is 0 Å². The maximum absolute atomic E-state index is 4.36. The largest absolute Gasteiger partial charge is 0.431 e. The van der Waals surface area contributed by atoms with Crippen LogP contribution in [-0.4, -0.2) is 10.2 Å². The van der Waals surface area contributed by atoms with E-state index < -0.39 is 0 Å². The number of fused-ring (bicyclic) bond motifs is 4. The molecule has 1 aromatic heterocycles. The molecule has 0 saturated carbocycles. The van der Waals surface area contributed by atoms with Crippen molar-refractivity contribution in [2.75, 3.05) is 0 Å². The third-order valence-corrected chi connectivity index (χ3v) is 2.72. The van der Waals surface area contributed by atoms with Gasteiger partial charge in [-0.2, -0.15) is 0 Å². The van der Waals surface area contributed by atoms with Gasteiger partial charge in [0.1, 0.15) is 0 Å². The maximum Gasteiger partial charge on any atom is 0.203 e. The summed E-state index contributed by atoms with van der Waals surface area (Å²) < 4.78 is 4.36. The lowest BCUT2D eigenvalue weighted by Crippen LogP contribution is -1.96. The Bertz CT molecular complexity index is 500. The second kappa shape index (κ2) is 4.22. The lowest BCUT2D eigenvalue weighted by molar-refractivity contribution is 0.553. The molecule has 1 aliphatic rings. The second-order valence-corrected chi connectivity index (χ2v) is 3.67. The Morgan fingerprint density at radius 3 is 1.18 bits per heavy atom. The minimum Gasteiger partial charge on any atom is -0.431 e. The number of hydrogen-bond acceptors (Lipinski definition) is 3. The van der Waals surface area contributed by atoms with Crippen LogP contribution in [0, 0.1) is 0 Å². The van der Waals surface area contributed by atoms with Gasteiger partial charge in [0, 0.05) is 0 Å². The van der Waals surface area contributed by atoms with Crippen molar-refractivity contribution in [1.82, 2.24) is 10.2 Å². The maximum atomic E-state index is 4.36. The molecule has 2 aromatic carbocycles. The first kappa shape index (κ1) is 9.78. The zero-order chi connectivity index (χ0) is 11.5. The van der Waals surface area contributed by atoms with Crippen molar-refractivity contribution in [3.8, 4) is 22.3 Å². The van der Waals surface area contributed by atoms with E-state index in [2.05, 4.69) is 63.1 Å². The Balaban J connectivity index is 0.000000153. The average molecular weight is 222 g/mol. The summed E-state index contributed by atoms with van der Waals surface area (Å²) in [7, 11) is 0. The summed E-state index contributed by atoms with van der Waals surface area (Å²) >= 11 is 0. The fraction of sp³-hybridized carbons (Fsp3) is 0. The SMILES string of the molecule is c1ccc2c(c1)-c1ccccc1-2.c1nnco1. The molecule has 0 spiro atoms. The van der Waals surface area contributed by atoms with Crippen molar-refractivity contribution in [3.05, 3.63) is 61.3 Å². The van der Waals surface area contributed by atoms with Gasteiger partial charge < -0.3 is 4.42 Å². The summed E-state index contributed by atoms with van der Waals surface area (Å²) in [5.41, 5.74) is 5.59. The Labute approximate surface area is 98.7 Å². The molecule has 3 heteroatoms. The number of benzene rings is 2. The predicted molar refractivity (Wildman–Crippen MR) is 65.2 cm³/mol. The Kier molecular flexibility index (Phi) is 2.43. The van der Waals surface area contributed by atoms with Crippen molar-refractivity contribution in [2.45, 2.75) is 0 Å². The van der Waals surface area contributed by atoms with E-state index in [0.29, 0.717) is 0 Å². The molecule has 0 radical (unpaired) electrons. The van der Waals surface area contributed by atoms with E-state index in [4.69, 9.17) is 0 Å². The van der Waals surface area contributed by atoms with Crippen LogP contribution in [0.5, 0.6) is 0 Å². The Hall–Kier alpha value is -2.42. The molecule has 1 aliphatic carbocycles. The van der Waals surface area contributed by atoms with Crippen molar-refractivity contribution in [2.24, 2.45) is 0 Å². The van der Waals surface area contributed by atoms with Crippen LogP contribution in [0.25, 0.3) is 22.3 Å². The highest BCUT2D eigenvalue weighted by molar-refractivity contribution is 6.02. The fourth-order valence-corrected chi connectivity index (χ4v) is 1.98. The van der Waals surface area contributed by atoms with E-state index in [1.807, 2.05) is 0 Å². The first-order valence-electron chi connectivity index (χ1n) is 5.34. The van der Waals surface area contributed by atoms with Gasteiger partial charge in [0.25, 0.3) is 0 Å². The number of aromatic nitrogens is 2. The van der Waals surface area contributed by atoms with Crippen LogP contribution in [0.3, 0.4) is 0 Å². The van der Waals surface area contributed by atoms with Gasteiger partial charge in [0.05, 0.1) is 0 Å². The highest BCUT2D eigenvalue weighted by Crippen LogP contribution is 2.46. The highest BCUT2D eigenvalue weighted by atomic mass is 16.3. The summed E-state index contributed by atoms with van der Waals surface area (Å²) in [6, 6.07) is 17.1. The molecule has 0 saturated heterocycles. The van der Waals surface area contributed by atoms with E-state index in [0.717, 1.165) is 0 Å². The standard InChI is InChI=1S/C12H8.C2H2N2O/c1-2-6-10-9(5-1)11-7-3-4-8-12(10)11;1-3-4-2-5-1/h1-8H;1-2H. The number of rotatable bonds is 0. The molecule has 0 aliphatic heterocycles. The quantitative estimate of drug-likeness (QED) is 0.457. The first-order chi connectivity index (χ1) is 8.47. The first-order valence-corrected chi connectivity index (χ1v) is 5.34. The van der Waals surface area contributed by atoms with E-state index >= 15 is 0 Å². The smallest absolute Gasteiger partial charge is 0.203 e. The van der Waals surface area contributed by atoms with Crippen molar-refractivity contribution in [3.63, 3.8) is 0 Å². The zero-order valence-corrected chi connectivity index (χ0v) is 9.08. The molecule has 3 nitrogen and oxygen atoms in total. The summed E-state index contributed by atoms with van der Waals surface area (Å²) in [6.45, 7) is 0. The number of hydrogen-bond donors (Lipinski definition) is 0. The summed E-state index contributed by atoms with van der Waals surface area (Å²) in [4.78, 5) is 0. The van der Waals surface area contributed by atoms with Gasteiger partial charge in [-0.25, -0.2) is 0 Å². The van der Waals surface area contributed by atoms with Gasteiger partial charge in [-0.1, -0.05) is 48.5 Å². The van der Waals surface area contributed by atoms with Gasteiger partial charge in [0.15, 0.2) is 0 Å². The topological polar surface area (TPSA) is 38.9 Å². The molecule has 17 heavy (non-hydrogen) atoms. The molecular formula is C14H10N2O. The van der Waals surface area contributed by atoms with Crippen LogP contribution in [-0.2, 0) is 0 Å². The molecule has 3 aromatic rings. The van der Waals surface area contributed by atoms with Crippen LogP contribution in [0.4, 0.5) is 0 Å². The number of nitrogens with zero attached hydrogens (tertiary/aromatic N) is 2. The van der Waals surface area contributed by atoms with Crippen molar-refractivity contribution in [1.29, 1.82) is 0 Å². The monoisotopic (exact) mass is 222 g/mol. The van der Waals surface area contributed by atoms with E-state index in [-0.39, 0.29) is 0 Å². The Morgan fingerprint density at radius 1 is 0.588 bits per heavy atom. The van der Waals surface area contributed by atoms with E-state index in [1.165, 1.54) is 35.0 Å². The minimum absolute atomic E-state index is 1.26. The van der Waals surface area contributed by atoms with Crippen LogP contribution in [0.2, 0.25) is 0 Å². The Morgan fingerprint density at radius 2 is 0.941 bits per heavy atom. The third-order valence-electron chi connectivity index (χ3n) is 2.72. The van der Waals surface area contributed by atoms with Crippen LogP contribution in [0.1, 0.15) is 0 Å². The predicted octanol–water partition coefficient (Wildman–Crippen LogP) is 3.40. The van der Waals surface area contributed by atoms with Crippen LogP contribution >= 0.6 is 0 Å². The van der Waals surface area contributed by atoms with Crippen molar-refractivity contribution >= 4 is 0 Å². The van der Waals surface area contributed by atoms with Gasteiger partial charge in [-0.15, -0.1) is 10.2 Å². The lowest BCUT2D eigenvalue weighted by atomic mass is 9.81. The fourth-order valence-electron chi connectivity index (χ4n) is 1.98. The molecule has 82 valence electrons. The lowest BCUT2D eigenvalue weighted by Gasteiger charge is -2.22. The molecule has 0 atom stereocenters. The van der Waals surface area contributed by atoms with Gasteiger partial charge in [0.2, 0.25) is 12.8 Å². The molecule has 4 rings (SSSR count). The third kappa shape index (κ3) is 1.72. The van der Waals surface area contributed by atoms with E-state index in [1.54, 1.807) is 0 Å². The molecule has 1 heterocycles. The minimum atomic E-state index is 1.26. The van der Waals surface area contributed by atoms with Crippen LogP contribution in [0.15, 0.2) is 65.7 Å².